The lowest BCUT2D eigenvalue weighted by Crippen LogP contribution is -2.32. The van der Waals surface area contributed by atoms with Crippen LogP contribution in [0.4, 0.5) is 11.5 Å². The molecule has 0 aromatic carbocycles. The second-order valence-electron chi connectivity index (χ2n) is 4.55. The number of halogens is 1. The zero-order chi connectivity index (χ0) is 17.6. The van der Waals surface area contributed by atoms with E-state index in [0.29, 0.717) is 0 Å². The Morgan fingerprint density at radius 3 is 2.61 bits per heavy atom. The van der Waals surface area contributed by atoms with E-state index in [2.05, 4.69) is 19.8 Å². The first kappa shape index (κ1) is 18.6. The number of methoxy groups -OCH3 is 2. The smallest absolute Gasteiger partial charge is 0.328 e. The van der Waals surface area contributed by atoms with Crippen molar-refractivity contribution in [1.29, 1.82) is 0 Å². The number of carbonyl (C=O) groups excluding carboxylic acids is 2. The van der Waals surface area contributed by atoms with Gasteiger partial charge >= 0.3 is 17.6 Å². The molecular formula is C13H16ClN3O6. The summed E-state index contributed by atoms with van der Waals surface area (Å²) in [5.74, 6) is -1.38. The van der Waals surface area contributed by atoms with Crippen molar-refractivity contribution in [3.8, 4) is 0 Å². The predicted molar refractivity (Wildman–Crippen MR) is 81.3 cm³/mol. The Balaban J connectivity index is 3.10. The second kappa shape index (κ2) is 8.28. The van der Waals surface area contributed by atoms with Crippen molar-refractivity contribution in [2.24, 2.45) is 0 Å². The van der Waals surface area contributed by atoms with Gasteiger partial charge in [0.2, 0.25) is 5.82 Å². The van der Waals surface area contributed by atoms with Gasteiger partial charge in [0.25, 0.3) is 0 Å². The fourth-order valence-corrected chi connectivity index (χ4v) is 2.13. The summed E-state index contributed by atoms with van der Waals surface area (Å²) in [6.07, 6.45) is -0.0552. The van der Waals surface area contributed by atoms with Crippen LogP contribution in [0, 0.1) is 17.0 Å². The van der Waals surface area contributed by atoms with Gasteiger partial charge in [0.1, 0.15) is 11.2 Å². The van der Waals surface area contributed by atoms with E-state index in [-0.39, 0.29) is 35.1 Å². The van der Waals surface area contributed by atoms with E-state index in [4.69, 9.17) is 11.6 Å². The van der Waals surface area contributed by atoms with Crippen molar-refractivity contribution in [2.45, 2.75) is 25.8 Å². The number of carbonyl (C=O) groups is 2. The maximum atomic E-state index is 11.8. The third-order valence-corrected chi connectivity index (χ3v) is 3.19. The lowest BCUT2D eigenvalue weighted by atomic mass is 10.1. The molecule has 0 aliphatic carbocycles. The number of aryl methyl sites for hydroxylation is 1. The van der Waals surface area contributed by atoms with Crippen LogP contribution in [-0.4, -0.2) is 42.1 Å². The first-order valence-corrected chi connectivity index (χ1v) is 6.90. The molecule has 1 unspecified atom stereocenters. The third kappa shape index (κ3) is 5.06. The van der Waals surface area contributed by atoms with E-state index in [1.165, 1.54) is 27.2 Å². The van der Waals surface area contributed by atoms with Gasteiger partial charge in [-0.3, -0.25) is 14.9 Å². The summed E-state index contributed by atoms with van der Waals surface area (Å²) in [5, 5.41) is 13.8. The van der Waals surface area contributed by atoms with Crippen LogP contribution in [0.5, 0.6) is 0 Å². The molecule has 0 bridgehead atoms. The maximum absolute atomic E-state index is 11.8. The van der Waals surface area contributed by atoms with Gasteiger partial charge in [-0.25, -0.2) is 9.78 Å². The number of nitro groups is 1. The van der Waals surface area contributed by atoms with Crippen LogP contribution in [0.25, 0.3) is 0 Å². The SMILES string of the molecule is COC(=O)CCC(Nc1nc(Cl)cc(C)c1[N+](=O)[O-])C(=O)OC. The maximum Gasteiger partial charge on any atom is 0.328 e. The molecule has 9 nitrogen and oxygen atoms in total. The first-order chi connectivity index (χ1) is 10.8. The summed E-state index contributed by atoms with van der Waals surface area (Å²) in [4.78, 5) is 37.4. The molecule has 0 saturated heterocycles. The van der Waals surface area contributed by atoms with Gasteiger partial charge in [0.05, 0.1) is 19.1 Å². The number of aromatic nitrogens is 1. The number of nitrogens with zero attached hydrogens (tertiary/aromatic N) is 2. The molecule has 1 N–H and O–H groups in total. The zero-order valence-corrected chi connectivity index (χ0v) is 13.5. The molecular weight excluding hydrogens is 330 g/mol. The van der Waals surface area contributed by atoms with E-state index in [9.17, 15) is 19.7 Å². The summed E-state index contributed by atoms with van der Waals surface area (Å²) in [6, 6.07) is 0.329. The fraction of sp³-hybridized carbons (Fsp3) is 0.462. The second-order valence-corrected chi connectivity index (χ2v) is 4.94. The standard InChI is InChI=1S/C13H16ClN3O6/c1-7-6-9(14)16-12(11(7)17(20)21)15-8(13(19)23-3)4-5-10(18)22-2/h6,8H,4-5H2,1-3H3,(H,15,16). The Labute approximate surface area is 137 Å². The van der Waals surface area contributed by atoms with Gasteiger partial charge in [0.15, 0.2) is 0 Å². The number of hydrogen-bond acceptors (Lipinski definition) is 8. The van der Waals surface area contributed by atoms with Crippen LogP contribution < -0.4 is 5.32 Å². The molecule has 1 aromatic rings. The number of anilines is 1. The molecule has 0 fully saturated rings. The van der Waals surface area contributed by atoms with E-state index in [1.807, 2.05) is 0 Å². The van der Waals surface area contributed by atoms with Crippen molar-refractivity contribution in [3.63, 3.8) is 0 Å². The number of nitrogens with one attached hydrogen (secondary N) is 1. The highest BCUT2D eigenvalue weighted by Crippen LogP contribution is 2.29. The Kier molecular flexibility index (Phi) is 6.70. The summed E-state index contributed by atoms with van der Waals surface area (Å²) < 4.78 is 9.13. The minimum absolute atomic E-state index is 0.0176. The average molecular weight is 346 g/mol. The highest BCUT2D eigenvalue weighted by atomic mass is 35.5. The van der Waals surface area contributed by atoms with Gasteiger partial charge < -0.3 is 14.8 Å². The number of hydrogen-bond donors (Lipinski definition) is 1. The average Bonchev–Trinajstić information content (AvgIpc) is 2.48. The molecule has 23 heavy (non-hydrogen) atoms. The van der Waals surface area contributed by atoms with Gasteiger partial charge in [-0.15, -0.1) is 0 Å². The van der Waals surface area contributed by atoms with Crippen LogP contribution in [0.2, 0.25) is 5.15 Å². The molecule has 126 valence electrons. The molecule has 1 aromatic heterocycles. The van der Waals surface area contributed by atoms with Crippen LogP contribution >= 0.6 is 11.6 Å². The van der Waals surface area contributed by atoms with E-state index in [0.717, 1.165) is 0 Å². The third-order valence-electron chi connectivity index (χ3n) is 3.00. The molecule has 10 heteroatoms. The predicted octanol–water partition coefficient (Wildman–Crippen LogP) is 1.86. The van der Waals surface area contributed by atoms with E-state index >= 15 is 0 Å². The van der Waals surface area contributed by atoms with E-state index in [1.54, 1.807) is 0 Å². The Morgan fingerprint density at radius 2 is 2.09 bits per heavy atom. The zero-order valence-electron chi connectivity index (χ0n) is 12.8. The largest absolute Gasteiger partial charge is 0.469 e. The molecule has 1 rings (SSSR count). The molecule has 0 spiro atoms. The van der Waals surface area contributed by atoms with Crippen LogP contribution in [-0.2, 0) is 19.1 Å². The molecule has 0 saturated carbocycles. The normalized spacial score (nSPS) is 11.5. The van der Waals surface area contributed by atoms with Crippen LogP contribution in [0.3, 0.4) is 0 Å². The van der Waals surface area contributed by atoms with Crippen molar-refractivity contribution >= 4 is 35.0 Å². The highest BCUT2D eigenvalue weighted by Gasteiger charge is 2.27. The number of ether oxygens (including phenoxy) is 2. The summed E-state index contributed by atoms with van der Waals surface area (Å²) in [7, 11) is 2.38. The van der Waals surface area contributed by atoms with E-state index < -0.39 is 22.9 Å². The lowest BCUT2D eigenvalue weighted by Gasteiger charge is -2.17. The topological polar surface area (TPSA) is 121 Å². The number of pyridine rings is 1. The van der Waals surface area contributed by atoms with Gasteiger partial charge in [0, 0.05) is 12.0 Å². The summed E-state index contributed by atoms with van der Waals surface area (Å²) >= 11 is 5.81. The van der Waals surface area contributed by atoms with Gasteiger partial charge in [-0.1, -0.05) is 11.6 Å². The van der Waals surface area contributed by atoms with Crippen molar-refractivity contribution in [1.82, 2.24) is 4.98 Å². The molecule has 0 amide bonds. The molecule has 1 atom stereocenters. The minimum Gasteiger partial charge on any atom is -0.469 e. The van der Waals surface area contributed by atoms with Crippen LogP contribution in [0.1, 0.15) is 18.4 Å². The van der Waals surface area contributed by atoms with Crippen molar-refractivity contribution in [2.75, 3.05) is 19.5 Å². The summed E-state index contributed by atoms with van der Waals surface area (Å²) in [6.45, 7) is 1.50. The van der Waals surface area contributed by atoms with Gasteiger partial charge in [-0.05, 0) is 19.4 Å². The van der Waals surface area contributed by atoms with Gasteiger partial charge in [-0.2, -0.15) is 0 Å². The Bertz CT molecular complexity index is 622. The van der Waals surface area contributed by atoms with Crippen LogP contribution in [0.15, 0.2) is 6.07 Å². The minimum atomic E-state index is -1.01. The molecule has 0 aliphatic rings. The monoisotopic (exact) mass is 345 g/mol. The Morgan fingerprint density at radius 1 is 1.43 bits per heavy atom. The molecule has 1 heterocycles. The highest BCUT2D eigenvalue weighted by molar-refractivity contribution is 6.29. The summed E-state index contributed by atoms with van der Waals surface area (Å²) in [5.41, 5.74) is -0.0181. The quantitative estimate of drug-likeness (QED) is 0.344. The fourth-order valence-electron chi connectivity index (χ4n) is 1.88. The lowest BCUT2D eigenvalue weighted by molar-refractivity contribution is -0.384. The first-order valence-electron chi connectivity index (χ1n) is 6.52. The van der Waals surface area contributed by atoms with Crippen molar-refractivity contribution in [3.05, 3.63) is 26.9 Å². The van der Waals surface area contributed by atoms with Crippen molar-refractivity contribution < 1.29 is 24.0 Å². The Hall–Kier alpha value is -2.42. The number of esters is 2. The number of rotatable bonds is 7. The molecule has 0 aliphatic heterocycles. The molecule has 0 radical (unpaired) electrons.